The SMILES string of the molecule is SCCCCCN1CCC(CCS)CC1. The van der Waals surface area contributed by atoms with Crippen LogP contribution in [0.1, 0.15) is 38.5 Å². The predicted octanol–water partition coefficient (Wildman–Crippen LogP) is 3.12. The number of rotatable bonds is 7. The van der Waals surface area contributed by atoms with Crippen molar-refractivity contribution < 1.29 is 0 Å². The van der Waals surface area contributed by atoms with Gasteiger partial charge in [-0.2, -0.15) is 25.3 Å². The van der Waals surface area contributed by atoms with Crippen LogP contribution in [0.5, 0.6) is 0 Å². The molecule has 90 valence electrons. The van der Waals surface area contributed by atoms with Crippen molar-refractivity contribution >= 4 is 25.3 Å². The standard InChI is InChI=1S/C12H25NS2/c14-10-3-1-2-7-13-8-4-12(5-9-13)6-11-15/h12,14-15H,1-11H2. The van der Waals surface area contributed by atoms with E-state index in [2.05, 4.69) is 30.2 Å². The summed E-state index contributed by atoms with van der Waals surface area (Å²) >= 11 is 8.55. The summed E-state index contributed by atoms with van der Waals surface area (Å²) in [5, 5.41) is 0. The van der Waals surface area contributed by atoms with E-state index in [1.807, 2.05) is 0 Å². The number of piperidine rings is 1. The third-order valence-corrected chi connectivity index (χ3v) is 3.95. The van der Waals surface area contributed by atoms with Crippen LogP contribution in [0, 0.1) is 5.92 Å². The monoisotopic (exact) mass is 247 g/mol. The maximum atomic E-state index is 4.31. The van der Waals surface area contributed by atoms with Gasteiger partial charge in [0.2, 0.25) is 0 Å². The first-order valence-corrected chi connectivity index (χ1v) is 7.57. The van der Waals surface area contributed by atoms with Gasteiger partial charge in [0.15, 0.2) is 0 Å². The molecule has 0 bridgehead atoms. The van der Waals surface area contributed by atoms with Gasteiger partial charge in [-0.05, 0) is 69.2 Å². The van der Waals surface area contributed by atoms with Gasteiger partial charge in [0.1, 0.15) is 0 Å². The van der Waals surface area contributed by atoms with Gasteiger partial charge in [0, 0.05) is 0 Å². The average molecular weight is 247 g/mol. The Bertz CT molecular complexity index is 142. The van der Waals surface area contributed by atoms with Crippen molar-refractivity contribution in [3.05, 3.63) is 0 Å². The molecule has 0 aromatic carbocycles. The van der Waals surface area contributed by atoms with Crippen LogP contribution in [0.3, 0.4) is 0 Å². The molecule has 1 heterocycles. The Labute approximate surface area is 106 Å². The van der Waals surface area contributed by atoms with Crippen molar-refractivity contribution in [3.8, 4) is 0 Å². The van der Waals surface area contributed by atoms with Crippen LogP contribution in [0.25, 0.3) is 0 Å². The molecule has 1 rings (SSSR count). The highest BCUT2D eigenvalue weighted by molar-refractivity contribution is 7.80. The maximum absolute atomic E-state index is 4.31. The second-order valence-electron chi connectivity index (χ2n) is 4.58. The van der Waals surface area contributed by atoms with Gasteiger partial charge in [-0.15, -0.1) is 0 Å². The highest BCUT2D eigenvalue weighted by Crippen LogP contribution is 2.20. The van der Waals surface area contributed by atoms with Gasteiger partial charge in [0.25, 0.3) is 0 Å². The van der Waals surface area contributed by atoms with Crippen molar-refractivity contribution in [1.29, 1.82) is 0 Å². The molecule has 0 aromatic heterocycles. The van der Waals surface area contributed by atoms with E-state index in [0.717, 1.165) is 17.4 Å². The first-order valence-electron chi connectivity index (χ1n) is 6.31. The third-order valence-electron chi connectivity index (χ3n) is 3.38. The Balaban J connectivity index is 1.99. The quantitative estimate of drug-likeness (QED) is 0.516. The molecule has 1 aliphatic rings. The molecule has 15 heavy (non-hydrogen) atoms. The summed E-state index contributed by atoms with van der Waals surface area (Å²) in [7, 11) is 0. The molecule has 1 saturated heterocycles. The fourth-order valence-electron chi connectivity index (χ4n) is 2.31. The van der Waals surface area contributed by atoms with Gasteiger partial charge >= 0.3 is 0 Å². The van der Waals surface area contributed by atoms with Crippen LogP contribution in [0.4, 0.5) is 0 Å². The molecule has 0 N–H and O–H groups in total. The zero-order valence-electron chi connectivity index (χ0n) is 9.70. The van der Waals surface area contributed by atoms with E-state index < -0.39 is 0 Å². The molecule has 0 saturated carbocycles. The lowest BCUT2D eigenvalue weighted by atomic mass is 9.94. The van der Waals surface area contributed by atoms with Crippen molar-refractivity contribution in [2.75, 3.05) is 31.1 Å². The third kappa shape index (κ3) is 6.08. The molecule has 0 aromatic rings. The van der Waals surface area contributed by atoms with Crippen LogP contribution < -0.4 is 0 Å². The Morgan fingerprint density at radius 2 is 1.67 bits per heavy atom. The fourth-order valence-corrected chi connectivity index (χ4v) is 2.89. The van der Waals surface area contributed by atoms with E-state index in [1.54, 1.807) is 0 Å². The minimum atomic E-state index is 0.955. The Morgan fingerprint density at radius 1 is 0.933 bits per heavy atom. The summed E-state index contributed by atoms with van der Waals surface area (Å²) in [6.07, 6.45) is 8.09. The highest BCUT2D eigenvalue weighted by Gasteiger charge is 2.17. The summed E-state index contributed by atoms with van der Waals surface area (Å²) in [6.45, 7) is 3.94. The molecule has 3 heteroatoms. The molecule has 1 aliphatic heterocycles. The minimum absolute atomic E-state index is 0.955. The van der Waals surface area contributed by atoms with E-state index in [0.29, 0.717) is 0 Å². The van der Waals surface area contributed by atoms with Gasteiger partial charge in [-0.25, -0.2) is 0 Å². The smallest absolute Gasteiger partial charge is 0.00161 e. The van der Waals surface area contributed by atoms with Crippen molar-refractivity contribution in [1.82, 2.24) is 4.90 Å². The van der Waals surface area contributed by atoms with Crippen LogP contribution in [0.15, 0.2) is 0 Å². The van der Waals surface area contributed by atoms with Crippen LogP contribution in [-0.2, 0) is 0 Å². The zero-order chi connectivity index (χ0) is 10.9. The normalized spacial score (nSPS) is 19.6. The highest BCUT2D eigenvalue weighted by atomic mass is 32.1. The maximum Gasteiger partial charge on any atom is -0.00161 e. The number of unbranched alkanes of at least 4 members (excludes halogenated alkanes) is 2. The molecule has 0 amide bonds. The minimum Gasteiger partial charge on any atom is -0.303 e. The Kier molecular flexibility index (Phi) is 8.02. The van der Waals surface area contributed by atoms with E-state index in [-0.39, 0.29) is 0 Å². The number of likely N-dealkylation sites (tertiary alicyclic amines) is 1. The summed E-state index contributed by atoms with van der Waals surface area (Å²) in [5.74, 6) is 3.06. The van der Waals surface area contributed by atoms with Crippen molar-refractivity contribution in [2.24, 2.45) is 5.92 Å². The summed E-state index contributed by atoms with van der Waals surface area (Å²) < 4.78 is 0. The largest absolute Gasteiger partial charge is 0.303 e. The first-order chi connectivity index (χ1) is 7.36. The van der Waals surface area contributed by atoms with E-state index in [1.165, 1.54) is 58.2 Å². The molecule has 1 nitrogen and oxygen atoms in total. The fraction of sp³-hybridized carbons (Fsp3) is 1.00. The van der Waals surface area contributed by atoms with E-state index in [9.17, 15) is 0 Å². The van der Waals surface area contributed by atoms with Crippen molar-refractivity contribution in [3.63, 3.8) is 0 Å². The Morgan fingerprint density at radius 3 is 2.27 bits per heavy atom. The second-order valence-corrected chi connectivity index (χ2v) is 5.48. The zero-order valence-corrected chi connectivity index (χ0v) is 11.5. The van der Waals surface area contributed by atoms with Gasteiger partial charge < -0.3 is 4.90 Å². The number of hydrogen-bond donors (Lipinski definition) is 2. The lowest BCUT2D eigenvalue weighted by Gasteiger charge is -2.31. The van der Waals surface area contributed by atoms with E-state index in [4.69, 9.17) is 0 Å². The molecule has 0 atom stereocenters. The number of thiol groups is 2. The van der Waals surface area contributed by atoms with E-state index >= 15 is 0 Å². The topological polar surface area (TPSA) is 3.24 Å². The molecular weight excluding hydrogens is 222 g/mol. The molecule has 0 radical (unpaired) electrons. The van der Waals surface area contributed by atoms with Crippen LogP contribution in [0.2, 0.25) is 0 Å². The average Bonchev–Trinajstić information content (AvgIpc) is 2.27. The first kappa shape index (κ1) is 13.7. The lowest BCUT2D eigenvalue weighted by molar-refractivity contribution is 0.180. The summed E-state index contributed by atoms with van der Waals surface area (Å²) in [6, 6.07) is 0. The van der Waals surface area contributed by atoms with Gasteiger partial charge in [0.05, 0.1) is 0 Å². The second kappa shape index (κ2) is 8.77. The predicted molar refractivity (Wildman–Crippen MR) is 75.3 cm³/mol. The van der Waals surface area contributed by atoms with Gasteiger partial charge in [-0.3, -0.25) is 0 Å². The van der Waals surface area contributed by atoms with Crippen LogP contribution in [-0.4, -0.2) is 36.0 Å². The van der Waals surface area contributed by atoms with Crippen molar-refractivity contribution in [2.45, 2.75) is 38.5 Å². The van der Waals surface area contributed by atoms with Crippen LogP contribution >= 0.6 is 25.3 Å². The summed E-state index contributed by atoms with van der Waals surface area (Å²) in [5.41, 5.74) is 0. The molecule has 1 fully saturated rings. The Hall–Kier alpha value is 0.660. The summed E-state index contributed by atoms with van der Waals surface area (Å²) in [4.78, 5) is 2.63. The molecule has 0 spiro atoms. The molecule has 0 unspecified atom stereocenters. The molecule has 0 aliphatic carbocycles. The number of hydrogen-bond acceptors (Lipinski definition) is 3. The van der Waals surface area contributed by atoms with Gasteiger partial charge in [-0.1, -0.05) is 6.42 Å². The lowest BCUT2D eigenvalue weighted by Crippen LogP contribution is -2.34. The number of nitrogens with zero attached hydrogens (tertiary/aromatic N) is 1. The molecular formula is C12H25NS2.